The van der Waals surface area contributed by atoms with Crippen LogP contribution in [0.3, 0.4) is 0 Å². The van der Waals surface area contributed by atoms with E-state index in [1.807, 2.05) is 25.1 Å². The molecule has 0 radical (unpaired) electrons. The van der Waals surface area contributed by atoms with Crippen molar-refractivity contribution in [3.05, 3.63) is 64.4 Å². The zero-order valence-electron chi connectivity index (χ0n) is 15.3. The molecule has 1 amide bonds. The van der Waals surface area contributed by atoms with Crippen LogP contribution in [-0.4, -0.2) is 13.0 Å². The van der Waals surface area contributed by atoms with Gasteiger partial charge in [-0.05, 0) is 62.1 Å². The Morgan fingerprint density at radius 2 is 1.80 bits per heavy atom. The molecule has 3 rings (SSSR count). The van der Waals surface area contributed by atoms with Crippen molar-refractivity contribution in [1.29, 1.82) is 0 Å². The SMILES string of the molecule is COc1cccc2cc(C(=O)NC(C)c3cc(C)c(C)cc3C)oc12. The Morgan fingerprint density at radius 3 is 2.52 bits per heavy atom. The van der Waals surface area contributed by atoms with Crippen LogP contribution < -0.4 is 10.1 Å². The third-order valence-corrected chi connectivity index (χ3v) is 4.65. The quantitative estimate of drug-likeness (QED) is 0.740. The largest absolute Gasteiger partial charge is 0.493 e. The Labute approximate surface area is 147 Å². The summed E-state index contributed by atoms with van der Waals surface area (Å²) in [7, 11) is 1.58. The van der Waals surface area contributed by atoms with E-state index in [2.05, 4.69) is 38.2 Å². The molecule has 2 aromatic carbocycles. The van der Waals surface area contributed by atoms with E-state index < -0.39 is 0 Å². The number of para-hydroxylation sites is 1. The molecule has 25 heavy (non-hydrogen) atoms. The maximum Gasteiger partial charge on any atom is 0.287 e. The lowest BCUT2D eigenvalue weighted by Gasteiger charge is -2.17. The normalized spacial score (nSPS) is 12.2. The zero-order chi connectivity index (χ0) is 18.1. The van der Waals surface area contributed by atoms with Crippen LogP contribution in [0.2, 0.25) is 0 Å². The number of amides is 1. The van der Waals surface area contributed by atoms with Crippen LogP contribution in [0.15, 0.2) is 40.8 Å². The molecule has 0 spiro atoms. The van der Waals surface area contributed by atoms with Gasteiger partial charge in [0.1, 0.15) is 0 Å². The molecular weight excluding hydrogens is 314 g/mol. The molecule has 0 fully saturated rings. The van der Waals surface area contributed by atoms with Crippen LogP contribution >= 0.6 is 0 Å². The first-order chi connectivity index (χ1) is 11.9. The Bertz CT molecular complexity index is 940. The lowest BCUT2D eigenvalue weighted by atomic mass is 9.96. The van der Waals surface area contributed by atoms with Gasteiger partial charge in [-0.1, -0.05) is 24.3 Å². The number of hydrogen-bond donors (Lipinski definition) is 1. The highest BCUT2D eigenvalue weighted by Gasteiger charge is 2.18. The van der Waals surface area contributed by atoms with E-state index in [0.29, 0.717) is 11.3 Å². The van der Waals surface area contributed by atoms with Gasteiger partial charge in [0.2, 0.25) is 0 Å². The fourth-order valence-electron chi connectivity index (χ4n) is 3.10. The maximum atomic E-state index is 12.6. The number of fused-ring (bicyclic) bond motifs is 1. The minimum absolute atomic E-state index is 0.109. The molecule has 3 aromatic rings. The molecule has 1 unspecified atom stereocenters. The summed E-state index contributed by atoms with van der Waals surface area (Å²) in [5.41, 5.74) is 5.34. The van der Waals surface area contributed by atoms with Gasteiger partial charge in [0.15, 0.2) is 17.1 Å². The van der Waals surface area contributed by atoms with Crippen LogP contribution in [0.4, 0.5) is 0 Å². The first-order valence-corrected chi connectivity index (χ1v) is 8.36. The van der Waals surface area contributed by atoms with E-state index in [1.165, 1.54) is 16.7 Å². The zero-order valence-corrected chi connectivity index (χ0v) is 15.3. The van der Waals surface area contributed by atoms with Crippen molar-refractivity contribution in [2.45, 2.75) is 33.7 Å². The van der Waals surface area contributed by atoms with Gasteiger partial charge in [0.05, 0.1) is 13.2 Å². The third kappa shape index (κ3) is 3.25. The number of benzene rings is 2. The lowest BCUT2D eigenvalue weighted by molar-refractivity contribution is 0.0914. The summed E-state index contributed by atoms with van der Waals surface area (Å²) in [6.07, 6.45) is 0. The number of furan rings is 1. The highest BCUT2D eigenvalue weighted by atomic mass is 16.5. The van der Waals surface area contributed by atoms with Crippen LogP contribution in [0.5, 0.6) is 5.75 Å². The molecule has 130 valence electrons. The molecule has 0 aliphatic carbocycles. The standard InChI is InChI=1S/C21H23NO3/c1-12-9-14(3)17(10-13(12)2)15(4)22-21(23)19-11-16-7-6-8-18(24-5)20(16)25-19/h6-11,15H,1-5H3,(H,22,23). The maximum absolute atomic E-state index is 12.6. The smallest absolute Gasteiger partial charge is 0.287 e. The molecule has 0 aliphatic heterocycles. The Morgan fingerprint density at radius 1 is 1.08 bits per heavy atom. The van der Waals surface area contributed by atoms with Gasteiger partial charge in [-0.2, -0.15) is 0 Å². The minimum Gasteiger partial charge on any atom is -0.493 e. The van der Waals surface area contributed by atoms with Crippen molar-refractivity contribution >= 4 is 16.9 Å². The predicted molar refractivity (Wildman–Crippen MR) is 99.3 cm³/mol. The average molecular weight is 337 g/mol. The molecule has 1 N–H and O–H groups in total. The molecule has 1 atom stereocenters. The predicted octanol–water partition coefficient (Wildman–Crippen LogP) is 4.86. The Hall–Kier alpha value is -2.75. The van der Waals surface area contributed by atoms with Gasteiger partial charge < -0.3 is 14.5 Å². The summed E-state index contributed by atoms with van der Waals surface area (Å²) in [4.78, 5) is 12.6. The second-order valence-electron chi connectivity index (χ2n) is 6.48. The number of carbonyl (C=O) groups excluding carboxylic acids is 1. The Kier molecular flexibility index (Phi) is 4.53. The van der Waals surface area contributed by atoms with E-state index in [0.717, 1.165) is 10.9 Å². The first-order valence-electron chi connectivity index (χ1n) is 8.36. The van der Waals surface area contributed by atoms with Gasteiger partial charge in [-0.15, -0.1) is 0 Å². The summed E-state index contributed by atoms with van der Waals surface area (Å²) in [5, 5.41) is 3.87. The molecule has 0 aliphatic rings. The molecule has 0 bridgehead atoms. The second kappa shape index (κ2) is 6.63. The van der Waals surface area contributed by atoms with Crippen LogP contribution in [0.1, 0.15) is 45.8 Å². The minimum atomic E-state index is -0.233. The molecule has 1 aromatic heterocycles. The Balaban J connectivity index is 1.86. The summed E-state index contributed by atoms with van der Waals surface area (Å²) in [6.45, 7) is 8.23. The number of nitrogens with one attached hydrogen (secondary N) is 1. The van der Waals surface area contributed by atoms with Gasteiger partial charge >= 0.3 is 0 Å². The fourth-order valence-corrected chi connectivity index (χ4v) is 3.10. The monoisotopic (exact) mass is 337 g/mol. The molecule has 0 saturated heterocycles. The number of aryl methyl sites for hydroxylation is 3. The summed E-state index contributed by atoms with van der Waals surface area (Å²) in [5.74, 6) is 0.672. The third-order valence-electron chi connectivity index (χ3n) is 4.65. The van der Waals surface area contributed by atoms with Gasteiger partial charge in [0.25, 0.3) is 5.91 Å². The van der Waals surface area contributed by atoms with E-state index in [-0.39, 0.29) is 17.7 Å². The summed E-state index contributed by atoms with van der Waals surface area (Å²) in [6, 6.07) is 11.5. The second-order valence-corrected chi connectivity index (χ2v) is 6.48. The van der Waals surface area contributed by atoms with E-state index in [9.17, 15) is 4.79 Å². The highest BCUT2D eigenvalue weighted by molar-refractivity contribution is 5.97. The summed E-state index contributed by atoms with van der Waals surface area (Å²) < 4.78 is 11.0. The average Bonchev–Trinajstić information content (AvgIpc) is 3.02. The van der Waals surface area contributed by atoms with E-state index >= 15 is 0 Å². The number of methoxy groups -OCH3 is 1. The van der Waals surface area contributed by atoms with Crippen LogP contribution in [0.25, 0.3) is 11.0 Å². The number of ether oxygens (including phenoxy) is 1. The van der Waals surface area contributed by atoms with E-state index in [1.54, 1.807) is 13.2 Å². The van der Waals surface area contributed by atoms with Crippen molar-refractivity contribution in [1.82, 2.24) is 5.32 Å². The fraction of sp³-hybridized carbons (Fsp3) is 0.286. The van der Waals surface area contributed by atoms with Crippen LogP contribution in [-0.2, 0) is 0 Å². The number of hydrogen-bond acceptors (Lipinski definition) is 3. The molecular formula is C21H23NO3. The highest BCUT2D eigenvalue weighted by Crippen LogP contribution is 2.29. The number of carbonyl (C=O) groups is 1. The molecule has 1 heterocycles. The molecule has 0 saturated carbocycles. The number of rotatable bonds is 4. The van der Waals surface area contributed by atoms with Gasteiger partial charge in [-0.3, -0.25) is 4.79 Å². The van der Waals surface area contributed by atoms with Crippen molar-refractivity contribution in [2.75, 3.05) is 7.11 Å². The van der Waals surface area contributed by atoms with E-state index in [4.69, 9.17) is 9.15 Å². The van der Waals surface area contributed by atoms with Crippen molar-refractivity contribution in [2.24, 2.45) is 0 Å². The van der Waals surface area contributed by atoms with Gasteiger partial charge in [0, 0.05) is 5.39 Å². The molecule has 4 nitrogen and oxygen atoms in total. The van der Waals surface area contributed by atoms with Crippen molar-refractivity contribution in [3.8, 4) is 5.75 Å². The molecule has 4 heteroatoms. The topological polar surface area (TPSA) is 51.5 Å². The summed E-state index contributed by atoms with van der Waals surface area (Å²) >= 11 is 0. The van der Waals surface area contributed by atoms with Crippen molar-refractivity contribution in [3.63, 3.8) is 0 Å². The first kappa shape index (κ1) is 17.1. The van der Waals surface area contributed by atoms with Crippen molar-refractivity contribution < 1.29 is 13.9 Å². The van der Waals surface area contributed by atoms with Gasteiger partial charge in [-0.25, -0.2) is 0 Å². The van der Waals surface area contributed by atoms with Crippen LogP contribution in [0, 0.1) is 20.8 Å². The lowest BCUT2D eigenvalue weighted by Crippen LogP contribution is -2.26.